The van der Waals surface area contributed by atoms with Gasteiger partial charge >= 0.3 is 0 Å². The number of aryl methyl sites for hydroxylation is 1. The van der Waals surface area contributed by atoms with Crippen LogP contribution in [0.2, 0.25) is 0 Å². The highest BCUT2D eigenvalue weighted by Crippen LogP contribution is 2.23. The Morgan fingerprint density at radius 3 is 2.53 bits per heavy atom. The third kappa shape index (κ3) is 4.72. The van der Waals surface area contributed by atoms with Crippen molar-refractivity contribution in [1.29, 1.82) is 0 Å². The van der Waals surface area contributed by atoms with Crippen molar-refractivity contribution in [2.45, 2.75) is 12.8 Å². The first-order valence-electron chi connectivity index (χ1n) is 9.79. The maximum atomic E-state index is 12.6. The van der Waals surface area contributed by atoms with Gasteiger partial charge in [-0.05, 0) is 54.2 Å². The van der Waals surface area contributed by atoms with E-state index in [1.54, 1.807) is 24.3 Å². The van der Waals surface area contributed by atoms with Crippen molar-refractivity contribution in [3.63, 3.8) is 0 Å². The van der Waals surface area contributed by atoms with E-state index in [2.05, 4.69) is 27.1 Å². The van der Waals surface area contributed by atoms with E-state index in [4.69, 9.17) is 0 Å². The van der Waals surface area contributed by atoms with Crippen molar-refractivity contribution in [2.24, 2.45) is 0 Å². The molecule has 0 unspecified atom stereocenters. The van der Waals surface area contributed by atoms with Gasteiger partial charge in [-0.3, -0.25) is 9.59 Å². The van der Waals surface area contributed by atoms with Gasteiger partial charge < -0.3 is 10.6 Å². The summed E-state index contributed by atoms with van der Waals surface area (Å²) in [5.74, 6) is -0.439. The summed E-state index contributed by atoms with van der Waals surface area (Å²) in [5.41, 5.74) is 2.72. The first-order chi connectivity index (χ1) is 14.7. The SMILES string of the molecule is O=C(NCCCc1ccccc1)c1cccc(NC(=O)c2nsc3ccccc23)c1. The fourth-order valence-corrected chi connectivity index (χ4v) is 3.99. The van der Waals surface area contributed by atoms with E-state index in [0.717, 1.165) is 22.9 Å². The van der Waals surface area contributed by atoms with Crippen LogP contribution in [0.3, 0.4) is 0 Å². The molecule has 6 heteroatoms. The monoisotopic (exact) mass is 415 g/mol. The fraction of sp³-hybridized carbons (Fsp3) is 0.125. The van der Waals surface area contributed by atoms with E-state index < -0.39 is 0 Å². The Kier molecular flexibility index (Phi) is 6.15. The molecule has 30 heavy (non-hydrogen) atoms. The van der Waals surface area contributed by atoms with Crippen LogP contribution in [0.4, 0.5) is 5.69 Å². The molecule has 150 valence electrons. The highest BCUT2D eigenvalue weighted by Gasteiger charge is 2.15. The van der Waals surface area contributed by atoms with Gasteiger partial charge in [-0.1, -0.05) is 54.6 Å². The lowest BCUT2D eigenvalue weighted by Crippen LogP contribution is -2.25. The maximum absolute atomic E-state index is 12.6. The van der Waals surface area contributed by atoms with Crippen LogP contribution in [-0.4, -0.2) is 22.7 Å². The van der Waals surface area contributed by atoms with Crippen molar-refractivity contribution in [1.82, 2.24) is 9.69 Å². The van der Waals surface area contributed by atoms with Gasteiger partial charge in [0.2, 0.25) is 0 Å². The van der Waals surface area contributed by atoms with E-state index >= 15 is 0 Å². The van der Waals surface area contributed by atoms with Gasteiger partial charge in [-0.15, -0.1) is 0 Å². The smallest absolute Gasteiger partial charge is 0.276 e. The normalized spacial score (nSPS) is 10.7. The Labute approximate surface area is 178 Å². The Balaban J connectivity index is 1.35. The minimum atomic E-state index is -0.284. The van der Waals surface area contributed by atoms with E-state index in [0.29, 0.717) is 23.5 Å². The molecule has 0 fully saturated rings. The molecule has 1 heterocycles. The molecular formula is C24H21N3O2S. The molecule has 0 spiro atoms. The first-order valence-corrected chi connectivity index (χ1v) is 10.6. The number of carbonyl (C=O) groups excluding carboxylic acids is 2. The number of aromatic nitrogens is 1. The van der Waals surface area contributed by atoms with Gasteiger partial charge in [0.25, 0.3) is 11.8 Å². The third-order valence-electron chi connectivity index (χ3n) is 4.75. The van der Waals surface area contributed by atoms with Crippen molar-refractivity contribution in [3.05, 3.63) is 95.7 Å². The molecular weight excluding hydrogens is 394 g/mol. The van der Waals surface area contributed by atoms with Crippen molar-refractivity contribution in [2.75, 3.05) is 11.9 Å². The number of anilines is 1. The van der Waals surface area contributed by atoms with Gasteiger partial charge in [0, 0.05) is 23.2 Å². The number of nitrogens with one attached hydrogen (secondary N) is 2. The second kappa shape index (κ2) is 9.33. The quantitative estimate of drug-likeness (QED) is 0.421. The molecule has 0 atom stereocenters. The first kappa shape index (κ1) is 19.8. The summed E-state index contributed by atoms with van der Waals surface area (Å²) in [6.07, 6.45) is 1.78. The van der Waals surface area contributed by atoms with Gasteiger partial charge in [-0.2, -0.15) is 4.37 Å². The number of benzene rings is 3. The van der Waals surface area contributed by atoms with Crippen molar-refractivity contribution < 1.29 is 9.59 Å². The number of amides is 2. The summed E-state index contributed by atoms with van der Waals surface area (Å²) < 4.78 is 5.24. The van der Waals surface area contributed by atoms with Crippen LogP contribution in [0.1, 0.15) is 32.8 Å². The fourth-order valence-electron chi connectivity index (χ4n) is 3.22. The predicted octanol–water partition coefficient (Wildman–Crippen LogP) is 4.91. The van der Waals surface area contributed by atoms with Crippen LogP contribution < -0.4 is 10.6 Å². The molecule has 0 saturated heterocycles. The molecule has 5 nitrogen and oxygen atoms in total. The maximum Gasteiger partial charge on any atom is 0.276 e. The van der Waals surface area contributed by atoms with Crippen LogP contribution in [0.15, 0.2) is 78.9 Å². The van der Waals surface area contributed by atoms with E-state index in [-0.39, 0.29) is 11.8 Å². The van der Waals surface area contributed by atoms with Crippen LogP contribution in [-0.2, 0) is 6.42 Å². The van der Waals surface area contributed by atoms with Crippen LogP contribution in [0.25, 0.3) is 10.1 Å². The highest BCUT2D eigenvalue weighted by atomic mass is 32.1. The second-order valence-electron chi connectivity index (χ2n) is 6.91. The Hall–Kier alpha value is -3.51. The summed E-state index contributed by atoms with van der Waals surface area (Å²) in [7, 11) is 0. The molecule has 3 aromatic carbocycles. The van der Waals surface area contributed by atoms with E-state index in [1.807, 2.05) is 42.5 Å². The number of nitrogens with zero attached hydrogens (tertiary/aromatic N) is 1. The lowest BCUT2D eigenvalue weighted by molar-refractivity contribution is 0.0951. The molecule has 0 aliphatic rings. The molecule has 0 radical (unpaired) electrons. The topological polar surface area (TPSA) is 71.1 Å². The third-order valence-corrected chi connectivity index (χ3v) is 5.57. The molecule has 1 aromatic heterocycles. The summed E-state index contributed by atoms with van der Waals surface area (Å²) in [6, 6.07) is 24.8. The van der Waals surface area contributed by atoms with Gasteiger partial charge in [0.1, 0.15) is 5.69 Å². The minimum absolute atomic E-state index is 0.154. The zero-order valence-corrected chi connectivity index (χ0v) is 17.1. The summed E-state index contributed by atoms with van der Waals surface area (Å²) in [5, 5.41) is 6.61. The molecule has 2 N–H and O–H groups in total. The Morgan fingerprint density at radius 2 is 1.67 bits per heavy atom. The zero-order chi connectivity index (χ0) is 20.8. The van der Waals surface area contributed by atoms with E-state index in [9.17, 15) is 9.59 Å². The van der Waals surface area contributed by atoms with Crippen molar-refractivity contribution >= 4 is 39.1 Å². The van der Waals surface area contributed by atoms with Crippen LogP contribution in [0, 0.1) is 0 Å². The van der Waals surface area contributed by atoms with Crippen LogP contribution >= 0.6 is 11.5 Å². The van der Waals surface area contributed by atoms with Gasteiger partial charge in [0.05, 0.1) is 4.70 Å². The van der Waals surface area contributed by atoms with Crippen LogP contribution in [0.5, 0.6) is 0 Å². The van der Waals surface area contributed by atoms with E-state index in [1.165, 1.54) is 17.1 Å². The molecule has 2 amide bonds. The lowest BCUT2D eigenvalue weighted by atomic mass is 10.1. The number of hydrogen-bond acceptors (Lipinski definition) is 4. The minimum Gasteiger partial charge on any atom is -0.352 e. The molecule has 0 saturated carbocycles. The summed E-state index contributed by atoms with van der Waals surface area (Å²) in [4.78, 5) is 25.1. The second-order valence-corrected chi connectivity index (χ2v) is 7.71. The molecule has 4 rings (SSSR count). The van der Waals surface area contributed by atoms with Crippen molar-refractivity contribution in [3.8, 4) is 0 Å². The average Bonchev–Trinajstić information content (AvgIpc) is 3.22. The number of hydrogen-bond donors (Lipinski definition) is 2. The molecule has 4 aromatic rings. The average molecular weight is 416 g/mol. The van der Waals surface area contributed by atoms with Gasteiger partial charge in [-0.25, -0.2) is 0 Å². The summed E-state index contributed by atoms with van der Waals surface area (Å²) in [6.45, 7) is 0.592. The Bertz CT molecular complexity index is 1170. The lowest BCUT2D eigenvalue weighted by Gasteiger charge is -2.08. The summed E-state index contributed by atoms with van der Waals surface area (Å²) >= 11 is 1.30. The molecule has 0 aliphatic heterocycles. The number of rotatable bonds is 7. The number of fused-ring (bicyclic) bond motifs is 1. The number of carbonyl (C=O) groups is 2. The Morgan fingerprint density at radius 1 is 0.867 bits per heavy atom. The standard InChI is InChI=1S/C24H21N3O2S/c28-23(25-15-7-10-17-8-2-1-3-9-17)18-11-6-12-19(16-18)26-24(29)22-20-13-4-5-14-21(20)30-27-22/h1-6,8-9,11-14,16H,7,10,15H2,(H,25,28)(H,26,29). The molecule has 0 bridgehead atoms. The highest BCUT2D eigenvalue weighted by molar-refractivity contribution is 7.13. The zero-order valence-electron chi connectivity index (χ0n) is 16.3. The predicted molar refractivity (Wildman–Crippen MR) is 121 cm³/mol. The molecule has 0 aliphatic carbocycles. The largest absolute Gasteiger partial charge is 0.352 e. The van der Waals surface area contributed by atoms with Gasteiger partial charge in [0.15, 0.2) is 0 Å².